The minimum absolute atomic E-state index is 0.108. The first-order chi connectivity index (χ1) is 9.83. The predicted molar refractivity (Wildman–Crippen MR) is 81.5 cm³/mol. The van der Waals surface area contributed by atoms with Crippen LogP contribution in [0.5, 0.6) is 0 Å². The molecule has 0 saturated heterocycles. The minimum atomic E-state index is -3.68. The molecule has 0 radical (unpaired) electrons. The summed E-state index contributed by atoms with van der Waals surface area (Å²) in [6, 6.07) is 8.08. The van der Waals surface area contributed by atoms with E-state index in [1.165, 1.54) is 6.07 Å². The third-order valence-electron chi connectivity index (χ3n) is 3.09. The van der Waals surface area contributed by atoms with E-state index in [4.69, 9.17) is 21.8 Å². The molecular formula is C14H17ClN2O3S. The molecule has 3 N–H and O–H groups in total. The second-order valence-corrected chi connectivity index (χ2v) is 6.85. The average Bonchev–Trinajstić information content (AvgIpc) is 2.80. The van der Waals surface area contributed by atoms with Crippen molar-refractivity contribution in [1.82, 2.24) is 4.72 Å². The molecule has 1 atom stereocenters. The van der Waals surface area contributed by atoms with E-state index in [1.807, 2.05) is 6.07 Å². The van der Waals surface area contributed by atoms with Gasteiger partial charge in [-0.2, -0.15) is 0 Å². The zero-order valence-corrected chi connectivity index (χ0v) is 13.3. The molecule has 114 valence electrons. The summed E-state index contributed by atoms with van der Waals surface area (Å²) < 4.78 is 32.7. The summed E-state index contributed by atoms with van der Waals surface area (Å²) in [4.78, 5) is 0.108. The van der Waals surface area contributed by atoms with Crippen LogP contribution in [0.15, 0.2) is 39.6 Å². The molecule has 0 saturated carbocycles. The van der Waals surface area contributed by atoms with Crippen molar-refractivity contribution in [3.63, 3.8) is 0 Å². The van der Waals surface area contributed by atoms with E-state index in [-0.39, 0.29) is 11.4 Å². The largest absolute Gasteiger partial charge is 0.464 e. The van der Waals surface area contributed by atoms with Crippen molar-refractivity contribution in [3.05, 3.63) is 52.4 Å². The smallest absolute Gasteiger partial charge is 0.244 e. The summed E-state index contributed by atoms with van der Waals surface area (Å²) in [5, 5.41) is 0.559. The van der Waals surface area contributed by atoms with Gasteiger partial charge in [0.1, 0.15) is 16.4 Å². The monoisotopic (exact) mass is 328 g/mol. The van der Waals surface area contributed by atoms with Gasteiger partial charge in [0, 0.05) is 17.1 Å². The van der Waals surface area contributed by atoms with Crippen LogP contribution >= 0.6 is 11.6 Å². The lowest BCUT2D eigenvalue weighted by atomic mass is 10.1. The van der Waals surface area contributed by atoms with Gasteiger partial charge in [-0.15, -0.1) is 0 Å². The molecule has 5 nitrogen and oxygen atoms in total. The van der Waals surface area contributed by atoms with Gasteiger partial charge < -0.3 is 10.2 Å². The van der Waals surface area contributed by atoms with Crippen LogP contribution < -0.4 is 10.5 Å². The van der Waals surface area contributed by atoms with E-state index in [2.05, 4.69) is 4.72 Å². The first-order valence-corrected chi connectivity index (χ1v) is 8.27. The van der Waals surface area contributed by atoms with E-state index >= 15 is 0 Å². The van der Waals surface area contributed by atoms with Crippen LogP contribution in [0, 0.1) is 6.92 Å². The van der Waals surface area contributed by atoms with Crippen LogP contribution in [0.4, 0.5) is 0 Å². The maximum atomic E-state index is 12.4. The van der Waals surface area contributed by atoms with E-state index in [9.17, 15) is 8.42 Å². The Kier molecular flexibility index (Phi) is 4.73. The van der Waals surface area contributed by atoms with Gasteiger partial charge in [0.2, 0.25) is 10.0 Å². The first kappa shape index (κ1) is 16.0. The standard InChI is InChI=1S/C14H17ClN2O3S/c1-9(11-4-3-5-12(15)6-11)17-21(18,19)14-7-13(8-16)20-10(14)2/h3-7,9,17H,8,16H2,1-2H3. The van der Waals surface area contributed by atoms with Crippen molar-refractivity contribution < 1.29 is 12.8 Å². The van der Waals surface area contributed by atoms with Crippen molar-refractivity contribution in [2.75, 3.05) is 0 Å². The van der Waals surface area contributed by atoms with Crippen LogP contribution in [-0.2, 0) is 16.6 Å². The number of hydrogen-bond donors (Lipinski definition) is 2. The molecule has 21 heavy (non-hydrogen) atoms. The second kappa shape index (κ2) is 6.19. The molecule has 0 amide bonds. The van der Waals surface area contributed by atoms with Gasteiger partial charge in [0.15, 0.2) is 0 Å². The third-order valence-corrected chi connectivity index (χ3v) is 4.98. The fourth-order valence-corrected chi connectivity index (χ4v) is 3.67. The topological polar surface area (TPSA) is 85.3 Å². The lowest BCUT2D eigenvalue weighted by molar-refractivity contribution is 0.478. The highest BCUT2D eigenvalue weighted by molar-refractivity contribution is 7.89. The molecular weight excluding hydrogens is 312 g/mol. The summed E-state index contributed by atoms with van der Waals surface area (Å²) >= 11 is 5.92. The normalized spacial score (nSPS) is 13.3. The maximum absolute atomic E-state index is 12.4. The molecule has 2 rings (SSSR count). The van der Waals surface area contributed by atoms with Crippen molar-refractivity contribution >= 4 is 21.6 Å². The number of benzene rings is 1. The highest BCUT2D eigenvalue weighted by Crippen LogP contribution is 2.23. The number of nitrogens with two attached hydrogens (primary N) is 1. The fourth-order valence-electron chi connectivity index (χ4n) is 2.03. The Morgan fingerprint density at radius 2 is 2.10 bits per heavy atom. The fraction of sp³-hybridized carbons (Fsp3) is 0.286. The van der Waals surface area contributed by atoms with Gasteiger partial charge in [-0.05, 0) is 31.5 Å². The van der Waals surface area contributed by atoms with Crippen LogP contribution in [0.25, 0.3) is 0 Å². The lowest BCUT2D eigenvalue weighted by Gasteiger charge is -2.14. The Hall–Kier alpha value is -1.34. The Bertz CT molecular complexity index is 740. The molecule has 1 aromatic carbocycles. The molecule has 1 heterocycles. The third kappa shape index (κ3) is 3.65. The molecule has 2 aromatic rings. The SMILES string of the molecule is Cc1oc(CN)cc1S(=O)(=O)NC(C)c1cccc(Cl)c1. The van der Waals surface area contributed by atoms with Gasteiger partial charge in [-0.1, -0.05) is 23.7 Å². The zero-order chi connectivity index (χ0) is 15.6. The summed E-state index contributed by atoms with van der Waals surface area (Å²) in [6.45, 7) is 3.50. The first-order valence-electron chi connectivity index (χ1n) is 6.40. The van der Waals surface area contributed by atoms with Gasteiger partial charge in [0.05, 0.1) is 6.54 Å². The number of sulfonamides is 1. The molecule has 0 spiro atoms. The molecule has 0 fully saturated rings. The van der Waals surface area contributed by atoms with Gasteiger partial charge >= 0.3 is 0 Å². The van der Waals surface area contributed by atoms with Gasteiger partial charge in [-0.25, -0.2) is 13.1 Å². The number of furan rings is 1. The zero-order valence-electron chi connectivity index (χ0n) is 11.8. The predicted octanol–water partition coefficient (Wildman–Crippen LogP) is 2.74. The van der Waals surface area contributed by atoms with Crippen LogP contribution in [0.1, 0.15) is 30.0 Å². The number of hydrogen-bond acceptors (Lipinski definition) is 4. The van der Waals surface area contributed by atoms with E-state index in [1.54, 1.807) is 32.0 Å². The van der Waals surface area contributed by atoms with Crippen molar-refractivity contribution in [2.24, 2.45) is 5.73 Å². The highest BCUT2D eigenvalue weighted by Gasteiger charge is 2.23. The van der Waals surface area contributed by atoms with Crippen LogP contribution in [-0.4, -0.2) is 8.42 Å². The van der Waals surface area contributed by atoms with E-state index in [0.29, 0.717) is 16.5 Å². The van der Waals surface area contributed by atoms with Gasteiger partial charge in [0.25, 0.3) is 0 Å². The number of rotatable bonds is 5. The molecule has 0 bridgehead atoms. The molecule has 0 aliphatic carbocycles. The minimum Gasteiger partial charge on any atom is -0.464 e. The molecule has 1 aromatic heterocycles. The Morgan fingerprint density at radius 1 is 1.38 bits per heavy atom. The van der Waals surface area contributed by atoms with Crippen molar-refractivity contribution in [1.29, 1.82) is 0 Å². The Labute approximate surface area is 129 Å². The molecule has 0 aliphatic rings. The summed E-state index contributed by atoms with van der Waals surface area (Å²) in [5.41, 5.74) is 6.24. The number of aryl methyl sites for hydroxylation is 1. The number of nitrogens with one attached hydrogen (secondary N) is 1. The molecule has 1 unspecified atom stereocenters. The molecule has 0 aliphatic heterocycles. The highest BCUT2D eigenvalue weighted by atomic mass is 35.5. The molecule has 7 heteroatoms. The van der Waals surface area contributed by atoms with Crippen LogP contribution in [0.2, 0.25) is 5.02 Å². The summed E-state index contributed by atoms with van der Waals surface area (Å²) in [5.74, 6) is 0.754. The Balaban J connectivity index is 2.26. The maximum Gasteiger partial charge on any atom is 0.244 e. The number of halogens is 1. The van der Waals surface area contributed by atoms with E-state index in [0.717, 1.165) is 5.56 Å². The second-order valence-electron chi connectivity index (χ2n) is 4.74. The van der Waals surface area contributed by atoms with Crippen molar-refractivity contribution in [3.8, 4) is 0 Å². The van der Waals surface area contributed by atoms with Crippen LogP contribution in [0.3, 0.4) is 0 Å². The average molecular weight is 329 g/mol. The summed E-state index contributed by atoms with van der Waals surface area (Å²) in [7, 11) is -3.68. The lowest BCUT2D eigenvalue weighted by Crippen LogP contribution is -2.27. The Morgan fingerprint density at radius 3 is 2.67 bits per heavy atom. The van der Waals surface area contributed by atoms with E-state index < -0.39 is 16.1 Å². The quantitative estimate of drug-likeness (QED) is 0.883. The van der Waals surface area contributed by atoms with Crippen molar-refractivity contribution in [2.45, 2.75) is 31.3 Å². The summed E-state index contributed by atoms with van der Waals surface area (Å²) in [6.07, 6.45) is 0. The van der Waals surface area contributed by atoms with Gasteiger partial charge in [-0.3, -0.25) is 0 Å².